The summed E-state index contributed by atoms with van der Waals surface area (Å²) in [7, 11) is 0. The molecule has 0 amide bonds. The Morgan fingerprint density at radius 1 is 1.59 bits per heavy atom. The van der Waals surface area contributed by atoms with Crippen LogP contribution in [-0.2, 0) is 0 Å². The molecule has 1 atom stereocenters. The Morgan fingerprint density at radius 3 is 3.00 bits per heavy atom. The molecule has 0 bridgehead atoms. The molecule has 0 aliphatic carbocycles. The van der Waals surface area contributed by atoms with Crippen LogP contribution in [0.2, 0.25) is 0 Å². The van der Waals surface area contributed by atoms with Crippen LogP contribution >= 0.6 is 0 Å². The van der Waals surface area contributed by atoms with Gasteiger partial charge in [-0.15, -0.1) is 0 Å². The monoisotopic (exact) mass is 237 g/mol. The number of aromatic nitrogens is 2. The van der Waals surface area contributed by atoms with Crippen molar-refractivity contribution in [2.45, 2.75) is 19.9 Å². The van der Waals surface area contributed by atoms with Crippen LogP contribution in [0.5, 0.6) is 0 Å². The number of nitrogens with one attached hydrogen (secondary N) is 1. The first-order valence-corrected chi connectivity index (χ1v) is 5.95. The van der Waals surface area contributed by atoms with Gasteiger partial charge in [-0.05, 0) is 13.5 Å². The molecule has 1 aliphatic rings. The number of piperazine rings is 1. The number of anilines is 2. The first kappa shape index (κ1) is 11.9. The van der Waals surface area contributed by atoms with Crippen LogP contribution < -0.4 is 16.2 Å². The smallest absolute Gasteiger partial charge is 0.276 e. The number of nitrogen functional groups attached to an aromatic ring is 1. The molecule has 3 N–H and O–H groups in total. The fourth-order valence-corrected chi connectivity index (χ4v) is 2.31. The quantitative estimate of drug-likeness (QED) is 0.750. The predicted molar refractivity (Wildman–Crippen MR) is 68.2 cm³/mol. The Hall–Kier alpha value is -1.56. The molecule has 1 aliphatic heterocycles. The van der Waals surface area contributed by atoms with Crippen molar-refractivity contribution < 1.29 is 0 Å². The van der Waals surface area contributed by atoms with Crippen LogP contribution in [0.3, 0.4) is 0 Å². The first-order chi connectivity index (χ1) is 8.13. The number of nitrogens with zero attached hydrogens (tertiary/aromatic N) is 3. The third-order valence-corrected chi connectivity index (χ3v) is 3.34. The summed E-state index contributed by atoms with van der Waals surface area (Å²) in [5.74, 6) is 0.608. The SMILES string of the molecule is CCN1CCN(c2nc[nH]c(=O)c2N)CC1C. The minimum atomic E-state index is -0.263. The molecular formula is C11H19N5O. The lowest BCUT2D eigenvalue weighted by atomic mass is 10.2. The van der Waals surface area contributed by atoms with E-state index in [1.165, 1.54) is 6.33 Å². The van der Waals surface area contributed by atoms with E-state index in [2.05, 4.69) is 33.6 Å². The lowest BCUT2D eigenvalue weighted by Gasteiger charge is -2.40. The summed E-state index contributed by atoms with van der Waals surface area (Å²) in [6, 6.07) is 0.453. The summed E-state index contributed by atoms with van der Waals surface area (Å²) in [5, 5.41) is 0. The fraction of sp³-hybridized carbons (Fsp3) is 0.636. The van der Waals surface area contributed by atoms with E-state index in [1.807, 2.05) is 0 Å². The van der Waals surface area contributed by atoms with Gasteiger partial charge in [-0.3, -0.25) is 9.69 Å². The van der Waals surface area contributed by atoms with Gasteiger partial charge in [0.15, 0.2) is 5.82 Å². The largest absolute Gasteiger partial charge is 0.391 e. The van der Waals surface area contributed by atoms with E-state index < -0.39 is 0 Å². The first-order valence-electron chi connectivity index (χ1n) is 5.95. The highest BCUT2D eigenvalue weighted by molar-refractivity contribution is 5.61. The molecule has 6 nitrogen and oxygen atoms in total. The van der Waals surface area contributed by atoms with Gasteiger partial charge in [0.25, 0.3) is 5.56 Å². The van der Waals surface area contributed by atoms with Gasteiger partial charge in [0, 0.05) is 25.7 Å². The van der Waals surface area contributed by atoms with E-state index in [0.717, 1.165) is 26.2 Å². The highest BCUT2D eigenvalue weighted by Gasteiger charge is 2.24. The second kappa shape index (κ2) is 4.75. The maximum atomic E-state index is 11.4. The van der Waals surface area contributed by atoms with E-state index >= 15 is 0 Å². The van der Waals surface area contributed by atoms with E-state index in [0.29, 0.717) is 11.9 Å². The molecule has 94 valence electrons. The highest BCUT2D eigenvalue weighted by atomic mass is 16.1. The van der Waals surface area contributed by atoms with Crippen LogP contribution in [0.4, 0.5) is 11.5 Å². The molecular weight excluding hydrogens is 218 g/mol. The Labute approximate surface area is 100 Å². The van der Waals surface area contributed by atoms with Gasteiger partial charge in [0.2, 0.25) is 0 Å². The van der Waals surface area contributed by atoms with Crippen molar-refractivity contribution in [3.63, 3.8) is 0 Å². The second-order valence-electron chi connectivity index (χ2n) is 4.39. The molecule has 1 aromatic heterocycles. The summed E-state index contributed by atoms with van der Waals surface area (Å²) < 4.78 is 0. The van der Waals surface area contributed by atoms with Crippen LogP contribution in [0.15, 0.2) is 11.1 Å². The average molecular weight is 237 g/mol. The van der Waals surface area contributed by atoms with Gasteiger partial charge in [-0.1, -0.05) is 6.92 Å². The normalized spacial score (nSPS) is 21.8. The number of likely N-dealkylation sites (N-methyl/N-ethyl adjacent to an activating group) is 1. The zero-order valence-corrected chi connectivity index (χ0v) is 10.3. The molecule has 0 saturated carbocycles. The summed E-state index contributed by atoms with van der Waals surface area (Å²) in [5.41, 5.74) is 5.71. The lowest BCUT2D eigenvalue weighted by Crippen LogP contribution is -2.52. The van der Waals surface area contributed by atoms with Gasteiger partial charge < -0.3 is 15.6 Å². The van der Waals surface area contributed by atoms with Crippen molar-refractivity contribution in [2.24, 2.45) is 0 Å². The van der Waals surface area contributed by atoms with Crippen LogP contribution in [0.1, 0.15) is 13.8 Å². The summed E-state index contributed by atoms with van der Waals surface area (Å²) in [4.78, 5) is 22.6. The van der Waals surface area contributed by atoms with Crippen LogP contribution in [-0.4, -0.2) is 47.1 Å². The minimum Gasteiger partial charge on any atom is -0.391 e. The average Bonchev–Trinajstić information content (AvgIpc) is 2.32. The number of hydrogen-bond acceptors (Lipinski definition) is 5. The highest BCUT2D eigenvalue weighted by Crippen LogP contribution is 2.19. The molecule has 2 heterocycles. The van der Waals surface area contributed by atoms with Crippen molar-refractivity contribution in [3.8, 4) is 0 Å². The zero-order valence-electron chi connectivity index (χ0n) is 10.3. The van der Waals surface area contributed by atoms with Gasteiger partial charge in [-0.2, -0.15) is 0 Å². The molecule has 0 radical (unpaired) electrons. The van der Waals surface area contributed by atoms with Crippen LogP contribution in [0, 0.1) is 0 Å². The van der Waals surface area contributed by atoms with Crippen molar-refractivity contribution >= 4 is 11.5 Å². The number of aromatic amines is 1. The van der Waals surface area contributed by atoms with Crippen LogP contribution in [0.25, 0.3) is 0 Å². The third-order valence-electron chi connectivity index (χ3n) is 3.34. The minimum absolute atomic E-state index is 0.213. The van der Waals surface area contributed by atoms with Crippen molar-refractivity contribution in [1.29, 1.82) is 0 Å². The topological polar surface area (TPSA) is 78.2 Å². The molecule has 6 heteroatoms. The van der Waals surface area contributed by atoms with E-state index in [1.54, 1.807) is 0 Å². The summed E-state index contributed by atoms with van der Waals surface area (Å²) in [6.45, 7) is 8.08. The van der Waals surface area contributed by atoms with Gasteiger partial charge in [0.05, 0.1) is 6.33 Å². The Morgan fingerprint density at radius 2 is 2.35 bits per heavy atom. The molecule has 1 aromatic rings. The molecule has 0 spiro atoms. The van der Waals surface area contributed by atoms with Gasteiger partial charge >= 0.3 is 0 Å². The Balaban J connectivity index is 2.19. The summed E-state index contributed by atoms with van der Waals surface area (Å²) in [6.07, 6.45) is 1.41. The molecule has 2 rings (SSSR count). The van der Waals surface area contributed by atoms with E-state index in [-0.39, 0.29) is 11.2 Å². The molecule has 17 heavy (non-hydrogen) atoms. The zero-order chi connectivity index (χ0) is 12.4. The predicted octanol–water partition coefficient (Wildman–Crippen LogP) is -0.117. The maximum Gasteiger partial charge on any atom is 0.276 e. The molecule has 0 aromatic carbocycles. The van der Waals surface area contributed by atoms with Crippen molar-refractivity contribution in [2.75, 3.05) is 36.8 Å². The number of hydrogen-bond donors (Lipinski definition) is 2. The molecule has 1 saturated heterocycles. The number of H-pyrrole nitrogens is 1. The Kier molecular flexibility index (Phi) is 3.33. The Bertz CT molecular complexity index is 444. The second-order valence-corrected chi connectivity index (χ2v) is 4.39. The fourth-order valence-electron chi connectivity index (χ4n) is 2.31. The number of rotatable bonds is 2. The standard InChI is InChI=1S/C11H19N5O/c1-3-15-4-5-16(6-8(15)2)10-9(12)11(17)14-7-13-10/h7-8H,3-6,12H2,1-2H3,(H,13,14,17). The van der Waals surface area contributed by atoms with Crippen molar-refractivity contribution in [3.05, 3.63) is 16.7 Å². The van der Waals surface area contributed by atoms with E-state index in [4.69, 9.17) is 5.73 Å². The maximum absolute atomic E-state index is 11.4. The third kappa shape index (κ3) is 2.26. The van der Waals surface area contributed by atoms with Gasteiger partial charge in [0.1, 0.15) is 5.69 Å². The number of nitrogens with two attached hydrogens (primary N) is 1. The molecule has 1 unspecified atom stereocenters. The summed E-state index contributed by atoms with van der Waals surface area (Å²) >= 11 is 0. The van der Waals surface area contributed by atoms with Crippen molar-refractivity contribution in [1.82, 2.24) is 14.9 Å². The van der Waals surface area contributed by atoms with Gasteiger partial charge in [-0.25, -0.2) is 4.98 Å². The van der Waals surface area contributed by atoms with E-state index in [9.17, 15) is 4.79 Å². The lowest BCUT2D eigenvalue weighted by molar-refractivity contribution is 0.199. The molecule has 1 fully saturated rings.